The average Bonchev–Trinajstić information content (AvgIpc) is 3.07. The summed E-state index contributed by atoms with van der Waals surface area (Å²) in [5, 5.41) is 5.82. The number of rotatable bonds is 4. The largest absolute Gasteiger partial charge is 0.397 e. The average molecular weight is 317 g/mol. The second-order valence-electron chi connectivity index (χ2n) is 4.74. The number of aromatic nitrogens is 1. The van der Waals surface area contributed by atoms with Crippen LogP contribution in [0.1, 0.15) is 20.2 Å². The minimum atomic E-state index is -0.121. The van der Waals surface area contributed by atoms with E-state index in [1.165, 1.54) is 16.2 Å². The van der Waals surface area contributed by atoms with Gasteiger partial charge in [-0.15, -0.1) is 22.7 Å². The smallest absolute Gasteiger partial charge is 0.263 e. The Hall–Kier alpha value is -1.92. The monoisotopic (exact) mass is 317 g/mol. The topological polar surface area (TPSA) is 68.0 Å². The number of fused-ring (bicyclic) bond motifs is 1. The minimum absolute atomic E-state index is 0.121. The number of carbonyl (C=O) groups excluding carboxylic acids is 1. The molecule has 3 N–H and O–H groups in total. The number of nitrogens with one attached hydrogen (secondary N) is 1. The zero-order chi connectivity index (χ0) is 14.8. The molecule has 0 radical (unpaired) electrons. The van der Waals surface area contributed by atoms with E-state index >= 15 is 0 Å². The first-order valence-corrected chi connectivity index (χ1v) is 8.31. The maximum atomic E-state index is 12.2. The van der Waals surface area contributed by atoms with E-state index in [9.17, 15) is 4.79 Å². The highest BCUT2D eigenvalue weighted by Gasteiger charge is 2.16. The van der Waals surface area contributed by atoms with Crippen molar-refractivity contribution < 1.29 is 4.79 Å². The SMILES string of the molecule is Cc1ccc2c(N)c(C(=O)NCCc3cccs3)sc2n1. The van der Waals surface area contributed by atoms with E-state index in [0.29, 0.717) is 17.1 Å². The summed E-state index contributed by atoms with van der Waals surface area (Å²) < 4.78 is 0. The lowest BCUT2D eigenvalue weighted by Gasteiger charge is -2.03. The molecule has 4 nitrogen and oxygen atoms in total. The molecular weight excluding hydrogens is 302 g/mol. The van der Waals surface area contributed by atoms with Crippen molar-refractivity contribution in [2.45, 2.75) is 13.3 Å². The van der Waals surface area contributed by atoms with Gasteiger partial charge in [-0.3, -0.25) is 4.79 Å². The van der Waals surface area contributed by atoms with E-state index in [1.54, 1.807) is 11.3 Å². The quantitative estimate of drug-likeness (QED) is 0.776. The second-order valence-corrected chi connectivity index (χ2v) is 6.77. The Morgan fingerprint density at radius 3 is 3.00 bits per heavy atom. The van der Waals surface area contributed by atoms with Crippen LogP contribution >= 0.6 is 22.7 Å². The Bertz CT molecular complexity index is 778. The third kappa shape index (κ3) is 2.91. The molecule has 0 aliphatic rings. The standard InChI is InChI=1S/C15H15N3OS2/c1-9-4-5-11-12(16)13(21-15(11)18-9)14(19)17-7-6-10-3-2-8-20-10/h2-5,8H,6-7,16H2,1H3,(H,17,19). The summed E-state index contributed by atoms with van der Waals surface area (Å²) in [6.45, 7) is 2.54. The summed E-state index contributed by atoms with van der Waals surface area (Å²) in [7, 11) is 0. The maximum Gasteiger partial charge on any atom is 0.263 e. The molecule has 0 aliphatic heterocycles. The van der Waals surface area contributed by atoms with Gasteiger partial charge in [-0.1, -0.05) is 6.07 Å². The van der Waals surface area contributed by atoms with E-state index in [-0.39, 0.29) is 5.91 Å². The molecule has 1 amide bonds. The van der Waals surface area contributed by atoms with Crippen LogP contribution in [-0.2, 0) is 6.42 Å². The van der Waals surface area contributed by atoms with Crippen LogP contribution in [0.3, 0.4) is 0 Å². The summed E-state index contributed by atoms with van der Waals surface area (Å²) in [5.41, 5.74) is 7.52. The number of carbonyl (C=O) groups is 1. The van der Waals surface area contributed by atoms with Gasteiger partial charge >= 0.3 is 0 Å². The van der Waals surface area contributed by atoms with Gasteiger partial charge in [-0.2, -0.15) is 0 Å². The lowest BCUT2D eigenvalue weighted by molar-refractivity contribution is 0.0959. The number of hydrogen-bond donors (Lipinski definition) is 2. The number of nitrogens with two attached hydrogens (primary N) is 1. The van der Waals surface area contributed by atoms with Gasteiger partial charge in [0.1, 0.15) is 9.71 Å². The third-order valence-electron chi connectivity index (χ3n) is 3.18. The normalized spacial score (nSPS) is 10.9. The molecule has 3 aromatic heterocycles. The highest BCUT2D eigenvalue weighted by molar-refractivity contribution is 7.21. The zero-order valence-corrected chi connectivity index (χ0v) is 13.2. The summed E-state index contributed by atoms with van der Waals surface area (Å²) >= 11 is 3.04. The van der Waals surface area contributed by atoms with E-state index in [2.05, 4.69) is 16.4 Å². The Kier molecular flexibility index (Phi) is 3.90. The lowest BCUT2D eigenvalue weighted by Crippen LogP contribution is -2.25. The number of thiophene rings is 2. The van der Waals surface area contributed by atoms with Crippen molar-refractivity contribution in [3.8, 4) is 0 Å². The van der Waals surface area contributed by atoms with Crippen LogP contribution in [0.4, 0.5) is 5.69 Å². The number of aryl methyl sites for hydroxylation is 1. The van der Waals surface area contributed by atoms with Crippen LogP contribution in [0.15, 0.2) is 29.6 Å². The van der Waals surface area contributed by atoms with Crippen LogP contribution in [0.5, 0.6) is 0 Å². The molecule has 0 saturated heterocycles. The molecule has 0 aliphatic carbocycles. The zero-order valence-electron chi connectivity index (χ0n) is 11.6. The Morgan fingerprint density at radius 2 is 2.24 bits per heavy atom. The number of nitrogen functional groups attached to an aromatic ring is 1. The molecule has 0 aromatic carbocycles. The van der Waals surface area contributed by atoms with Crippen molar-refractivity contribution in [3.05, 3.63) is 45.1 Å². The Labute approximate surface area is 130 Å². The van der Waals surface area contributed by atoms with E-state index in [1.807, 2.05) is 30.5 Å². The van der Waals surface area contributed by atoms with Crippen molar-refractivity contribution in [2.24, 2.45) is 0 Å². The molecule has 108 valence electrons. The molecule has 6 heteroatoms. The fourth-order valence-corrected chi connectivity index (χ4v) is 3.86. The van der Waals surface area contributed by atoms with Gasteiger partial charge in [0.15, 0.2) is 0 Å². The number of amides is 1. The summed E-state index contributed by atoms with van der Waals surface area (Å²) in [6, 6.07) is 7.91. The van der Waals surface area contributed by atoms with Crippen LogP contribution < -0.4 is 11.1 Å². The summed E-state index contributed by atoms with van der Waals surface area (Å²) in [6.07, 6.45) is 0.839. The molecule has 0 unspecified atom stereocenters. The highest BCUT2D eigenvalue weighted by Crippen LogP contribution is 2.32. The van der Waals surface area contributed by atoms with Gasteiger partial charge in [0.05, 0.1) is 5.69 Å². The van der Waals surface area contributed by atoms with Crippen molar-refractivity contribution in [1.29, 1.82) is 0 Å². The molecule has 21 heavy (non-hydrogen) atoms. The lowest BCUT2D eigenvalue weighted by atomic mass is 10.2. The predicted octanol–water partition coefficient (Wildman–Crippen LogP) is 3.22. The molecule has 3 aromatic rings. The number of anilines is 1. The van der Waals surface area contributed by atoms with E-state index < -0.39 is 0 Å². The van der Waals surface area contributed by atoms with Crippen LogP contribution in [0.25, 0.3) is 10.2 Å². The van der Waals surface area contributed by atoms with Gasteiger partial charge in [-0.05, 0) is 36.9 Å². The molecular formula is C15H15N3OS2. The maximum absolute atomic E-state index is 12.2. The summed E-state index contributed by atoms with van der Waals surface area (Å²) in [4.78, 5) is 19.3. The van der Waals surface area contributed by atoms with Crippen LogP contribution in [0, 0.1) is 6.92 Å². The molecule has 3 rings (SSSR count). The van der Waals surface area contributed by atoms with Gasteiger partial charge < -0.3 is 11.1 Å². The van der Waals surface area contributed by atoms with E-state index in [4.69, 9.17) is 5.73 Å². The number of nitrogens with zero attached hydrogens (tertiary/aromatic N) is 1. The number of hydrogen-bond acceptors (Lipinski definition) is 5. The third-order valence-corrected chi connectivity index (χ3v) is 5.23. The molecule has 0 atom stereocenters. The van der Waals surface area contributed by atoms with E-state index in [0.717, 1.165) is 22.3 Å². The first kappa shape index (κ1) is 14.0. The van der Waals surface area contributed by atoms with Crippen molar-refractivity contribution >= 4 is 44.5 Å². The van der Waals surface area contributed by atoms with Crippen molar-refractivity contribution in [1.82, 2.24) is 10.3 Å². The summed E-state index contributed by atoms with van der Waals surface area (Å²) in [5.74, 6) is -0.121. The fourth-order valence-electron chi connectivity index (χ4n) is 2.09. The number of pyridine rings is 1. The van der Waals surface area contributed by atoms with Gasteiger partial charge in [0.25, 0.3) is 5.91 Å². The Balaban J connectivity index is 1.73. The highest BCUT2D eigenvalue weighted by atomic mass is 32.1. The Morgan fingerprint density at radius 1 is 1.38 bits per heavy atom. The van der Waals surface area contributed by atoms with Gasteiger partial charge in [-0.25, -0.2) is 4.98 Å². The first-order chi connectivity index (χ1) is 10.1. The molecule has 0 saturated carbocycles. The second kappa shape index (κ2) is 5.83. The van der Waals surface area contributed by atoms with Gasteiger partial charge in [0.2, 0.25) is 0 Å². The first-order valence-electron chi connectivity index (χ1n) is 6.61. The molecule has 3 heterocycles. The van der Waals surface area contributed by atoms with Crippen molar-refractivity contribution in [2.75, 3.05) is 12.3 Å². The minimum Gasteiger partial charge on any atom is -0.397 e. The molecule has 0 bridgehead atoms. The van der Waals surface area contributed by atoms with Crippen molar-refractivity contribution in [3.63, 3.8) is 0 Å². The van der Waals surface area contributed by atoms with Gasteiger partial charge in [0, 0.05) is 22.5 Å². The molecule has 0 fully saturated rings. The molecule has 0 spiro atoms. The predicted molar refractivity (Wildman–Crippen MR) is 89.1 cm³/mol. The van der Waals surface area contributed by atoms with Crippen LogP contribution in [0.2, 0.25) is 0 Å². The fraction of sp³-hybridized carbons (Fsp3) is 0.200. The van der Waals surface area contributed by atoms with Crippen LogP contribution in [-0.4, -0.2) is 17.4 Å².